The molecule has 1 aliphatic rings. The molecule has 1 heterocycles. The largest absolute Gasteiger partial charge is 0.480 e. The van der Waals surface area contributed by atoms with Crippen LogP contribution in [-0.2, 0) is 29.0 Å². The summed E-state index contributed by atoms with van der Waals surface area (Å²) in [6, 6.07) is 24.5. The molecule has 0 spiro atoms. The number of hydrogen-bond donors (Lipinski definition) is 2. The third-order valence-electron chi connectivity index (χ3n) is 6.52. The SMILES string of the molecule is CC(C)c1ccc(CN2C(=O)[C@@H](N[C@@H](Cc3ccccc3)C(=O)O)CCc3ccccc32)cc1. The lowest BCUT2D eigenvalue weighted by Crippen LogP contribution is -2.52. The number of carbonyl (C=O) groups is 2. The number of aryl methyl sites for hydroxylation is 1. The molecule has 0 aromatic heterocycles. The zero-order valence-electron chi connectivity index (χ0n) is 19.8. The Morgan fingerprint density at radius 2 is 1.65 bits per heavy atom. The van der Waals surface area contributed by atoms with Crippen molar-refractivity contribution in [1.29, 1.82) is 0 Å². The van der Waals surface area contributed by atoms with Crippen LogP contribution in [0, 0.1) is 0 Å². The van der Waals surface area contributed by atoms with Crippen LogP contribution in [0.4, 0.5) is 5.69 Å². The summed E-state index contributed by atoms with van der Waals surface area (Å²) >= 11 is 0. The summed E-state index contributed by atoms with van der Waals surface area (Å²) in [5.41, 5.74) is 5.24. The van der Waals surface area contributed by atoms with Crippen LogP contribution in [0.15, 0.2) is 78.9 Å². The number of anilines is 1. The molecule has 0 radical (unpaired) electrons. The molecule has 1 amide bonds. The van der Waals surface area contributed by atoms with Crippen molar-refractivity contribution in [3.63, 3.8) is 0 Å². The van der Waals surface area contributed by atoms with Crippen molar-refractivity contribution in [2.45, 2.75) is 57.7 Å². The smallest absolute Gasteiger partial charge is 0.321 e. The van der Waals surface area contributed by atoms with Gasteiger partial charge < -0.3 is 10.0 Å². The van der Waals surface area contributed by atoms with Gasteiger partial charge in [-0.15, -0.1) is 0 Å². The Hall–Kier alpha value is -3.44. The number of hydrogen-bond acceptors (Lipinski definition) is 3. The minimum Gasteiger partial charge on any atom is -0.480 e. The molecule has 0 fully saturated rings. The molecule has 176 valence electrons. The summed E-state index contributed by atoms with van der Waals surface area (Å²) in [7, 11) is 0. The van der Waals surface area contributed by atoms with Crippen LogP contribution < -0.4 is 10.2 Å². The van der Waals surface area contributed by atoms with Crippen LogP contribution in [0.5, 0.6) is 0 Å². The summed E-state index contributed by atoms with van der Waals surface area (Å²) < 4.78 is 0. The Kier molecular flexibility index (Phi) is 7.43. The number of fused-ring (bicyclic) bond motifs is 1. The first-order valence-electron chi connectivity index (χ1n) is 11.9. The summed E-state index contributed by atoms with van der Waals surface area (Å²) in [5, 5.41) is 13.1. The first-order valence-corrected chi connectivity index (χ1v) is 11.9. The predicted molar refractivity (Wildman–Crippen MR) is 135 cm³/mol. The van der Waals surface area contributed by atoms with E-state index in [-0.39, 0.29) is 5.91 Å². The maximum Gasteiger partial charge on any atom is 0.321 e. The van der Waals surface area contributed by atoms with Gasteiger partial charge in [0.2, 0.25) is 5.91 Å². The first kappa shape index (κ1) is 23.7. The lowest BCUT2D eigenvalue weighted by molar-refractivity contribution is -0.139. The second-order valence-corrected chi connectivity index (χ2v) is 9.29. The molecular formula is C29H32N2O3. The molecule has 0 bridgehead atoms. The molecule has 0 aliphatic carbocycles. The fraction of sp³-hybridized carbons (Fsp3) is 0.310. The van der Waals surface area contributed by atoms with E-state index in [9.17, 15) is 14.7 Å². The van der Waals surface area contributed by atoms with Crippen LogP contribution in [-0.4, -0.2) is 29.1 Å². The standard InChI is InChI=1S/C29H32N2O3/c1-20(2)23-14-12-22(13-15-23)19-31-27-11-7-6-10-24(27)16-17-25(28(31)32)30-26(29(33)34)18-21-8-4-3-5-9-21/h3-15,20,25-26,30H,16-19H2,1-2H3,(H,33,34)/t25-,26-/m0/s1. The molecule has 2 N–H and O–H groups in total. The van der Waals surface area contributed by atoms with Crippen LogP contribution in [0.2, 0.25) is 0 Å². The number of benzene rings is 3. The van der Waals surface area contributed by atoms with Gasteiger partial charge >= 0.3 is 5.97 Å². The van der Waals surface area contributed by atoms with Gasteiger partial charge in [0.1, 0.15) is 6.04 Å². The van der Waals surface area contributed by atoms with E-state index in [1.165, 1.54) is 5.56 Å². The molecule has 5 heteroatoms. The minimum atomic E-state index is -0.950. The predicted octanol–water partition coefficient (Wildman–Crippen LogP) is 4.94. The summed E-state index contributed by atoms with van der Waals surface area (Å²) in [5.74, 6) is -0.591. The van der Waals surface area contributed by atoms with Gasteiger partial charge in [0, 0.05) is 5.69 Å². The minimum absolute atomic E-state index is 0.0859. The number of para-hydroxylation sites is 1. The van der Waals surface area contributed by atoms with Crippen LogP contribution in [0.25, 0.3) is 0 Å². The average molecular weight is 457 g/mol. The van der Waals surface area contributed by atoms with E-state index in [1.54, 1.807) is 0 Å². The zero-order valence-corrected chi connectivity index (χ0v) is 19.8. The van der Waals surface area contributed by atoms with Crippen LogP contribution in [0.3, 0.4) is 0 Å². The fourth-order valence-electron chi connectivity index (χ4n) is 4.53. The maximum absolute atomic E-state index is 13.8. The van der Waals surface area contributed by atoms with E-state index < -0.39 is 18.1 Å². The van der Waals surface area contributed by atoms with Crippen molar-refractivity contribution < 1.29 is 14.7 Å². The van der Waals surface area contributed by atoms with Crippen molar-refractivity contribution in [3.8, 4) is 0 Å². The Morgan fingerprint density at radius 1 is 0.971 bits per heavy atom. The number of amides is 1. The molecular weight excluding hydrogens is 424 g/mol. The number of nitrogens with one attached hydrogen (secondary N) is 1. The Morgan fingerprint density at radius 3 is 2.32 bits per heavy atom. The third kappa shape index (κ3) is 5.54. The van der Waals surface area contributed by atoms with Crippen molar-refractivity contribution in [2.75, 3.05) is 4.90 Å². The number of nitrogens with zero attached hydrogens (tertiary/aromatic N) is 1. The van der Waals surface area contributed by atoms with Crippen molar-refractivity contribution in [3.05, 3.63) is 101 Å². The van der Waals surface area contributed by atoms with E-state index in [2.05, 4.69) is 49.5 Å². The fourth-order valence-corrected chi connectivity index (χ4v) is 4.53. The highest BCUT2D eigenvalue weighted by atomic mass is 16.4. The molecule has 4 rings (SSSR count). The van der Waals surface area contributed by atoms with Crippen molar-refractivity contribution in [1.82, 2.24) is 5.32 Å². The quantitative estimate of drug-likeness (QED) is 0.504. The molecule has 0 saturated carbocycles. The van der Waals surface area contributed by atoms with Gasteiger partial charge in [-0.3, -0.25) is 14.9 Å². The number of rotatable bonds is 8. The van der Waals surface area contributed by atoms with E-state index in [1.807, 2.05) is 53.4 Å². The summed E-state index contributed by atoms with van der Waals surface area (Å²) in [6.07, 6.45) is 1.58. The third-order valence-corrected chi connectivity index (χ3v) is 6.52. The topological polar surface area (TPSA) is 69.6 Å². The summed E-state index contributed by atoms with van der Waals surface area (Å²) in [4.78, 5) is 27.6. The zero-order chi connectivity index (χ0) is 24.1. The van der Waals surface area contributed by atoms with E-state index in [0.717, 1.165) is 22.4 Å². The summed E-state index contributed by atoms with van der Waals surface area (Å²) in [6.45, 7) is 4.77. The van der Waals surface area contributed by atoms with Gasteiger partial charge in [-0.2, -0.15) is 0 Å². The second kappa shape index (κ2) is 10.7. The molecule has 0 unspecified atom stereocenters. The number of carboxylic acids is 1. The average Bonchev–Trinajstić information content (AvgIpc) is 2.97. The van der Waals surface area contributed by atoms with Crippen molar-refractivity contribution >= 4 is 17.6 Å². The van der Waals surface area contributed by atoms with Crippen molar-refractivity contribution in [2.24, 2.45) is 0 Å². The Labute approximate surface area is 201 Å². The number of carboxylic acid groups (broad SMARTS) is 1. The molecule has 3 aromatic carbocycles. The van der Waals surface area contributed by atoms with Gasteiger partial charge in [-0.05, 0) is 53.5 Å². The molecule has 2 atom stereocenters. The van der Waals surface area contributed by atoms with E-state index >= 15 is 0 Å². The van der Waals surface area contributed by atoms with Gasteiger partial charge in [0.25, 0.3) is 0 Å². The van der Waals surface area contributed by atoms with Crippen LogP contribution >= 0.6 is 0 Å². The molecule has 1 aliphatic heterocycles. The van der Waals surface area contributed by atoms with Crippen LogP contribution in [0.1, 0.15) is 48.4 Å². The highest BCUT2D eigenvalue weighted by Gasteiger charge is 2.33. The first-order chi connectivity index (χ1) is 16.4. The number of carbonyl (C=O) groups excluding carboxylic acids is 1. The molecule has 34 heavy (non-hydrogen) atoms. The van der Waals surface area contributed by atoms with Gasteiger partial charge in [0.15, 0.2) is 0 Å². The second-order valence-electron chi connectivity index (χ2n) is 9.29. The lowest BCUT2D eigenvalue weighted by atomic mass is 10.0. The monoisotopic (exact) mass is 456 g/mol. The molecule has 3 aromatic rings. The van der Waals surface area contributed by atoms with Gasteiger partial charge in [-0.25, -0.2) is 0 Å². The Bertz CT molecular complexity index is 1130. The normalized spacial score (nSPS) is 16.7. The maximum atomic E-state index is 13.8. The Balaban J connectivity index is 1.59. The van der Waals surface area contributed by atoms with E-state index in [0.29, 0.717) is 31.7 Å². The van der Waals surface area contributed by atoms with Gasteiger partial charge in [0.05, 0.1) is 12.6 Å². The highest BCUT2D eigenvalue weighted by molar-refractivity contribution is 5.99. The highest BCUT2D eigenvalue weighted by Crippen LogP contribution is 2.29. The molecule has 5 nitrogen and oxygen atoms in total. The van der Waals surface area contributed by atoms with Gasteiger partial charge in [-0.1, -0.05) is 86.6 Å². The molecule has 0 saturated heterocycles. The van der Waals surface area contributed by atoms with E-state index in [4.69, 9.17) is 0 Å². The number of aliphatic carboxylic acids is 1. The lowest BCUT2D eigenvalue weighted by Gasteiger charge is -2.28.